The number of nitrogens with one attached hydrogen (secondary N) is 1. The number of hydrogen-bond donors (Lipinski definition) is 1. The number of ether oxygens (including phenoxy) is 1. The van der Waals surface area contributed by atoms with E-state index in [1.54, 1.807) is 27.7 Å². The summed E-state index contributed by atoms with van der Waals surface area (Å²) >= 11 is 0. The number of aromatic amines is 1. The second-order valence-electron chi connectivity index (χ2n) is 7.11. The number of nitrogens with zero attached hydrogens (tertiary/aromatic N) is 2. The normalized spacial score (nSPS) is 11.1. The van der Waals surface area contributed by atoms with Crippen molar-refractivity contribution >= 4 is 17.0 Å². The Kier molecular flexibility index (Phi) is 4.58. The highest BCUT2D eigenvalue weighted by Gasteiger charge is 2.27. The highest BCUT2D eigenvalue weighted by atomic mass is 19.1. The molecule has 1 N–H and O–H groups in total. The van der Waals surface area contributed by atoms with Gasteiger partial charge in [-0.1, -0.05) is 0 Å². The van der Waals surface area contributed by atoms with Crippen LogP contribution in [0, 0.1) is 30.1 Å². The van der Waals surface area contributed by atoms with E-state index < -0.39 is 16.9 Å². The zero-order chi connectivity index (χ0) is 19.8. The molecule has 27 heavy (non-hydrogen) atoms. The molecule has 0 atom stereocenters. The van der Waals surface area contributed by atoms with Crippen LogP contribution in [0.3, 0.4) is 0 Å². The number of hydrogen-bond acceptors (Lipinski definition) is 4. The van der Waals surface area contributed by atoms with Gasteiger partial charge in [0.25, 0.3) is 5.56 Å². The van der Waals surface area contributed by atoms with Gasteiger partial charge in [-0.25, -0.2) is 13.9 Å². The fraction of sp³-hybridized carbons (Fsp3) is 0.250. The smallest absolute Gasteiger partial charge is 0.316 e. The van der Waals surface area contributed by atoms with Crippen molar-refractivity contribution in [3.05, 3.63) is 58.0 Å². The Bertz CT molecular complexity index is 1140. The Labute approximate surface area is 155 Å². The number of benzene rings is 1. The second kappa shape index (κ2) is 6.72. The molecular formula is C20H18FN3O3. The molecule has 3 rings (SSSR count). The summed E-state index contributed by atoms with van der Waals surface area (Å²) < 4.78 is 19.5. The van der Waals surface area contributed by atoms with E-state index in [9.17, 15) is 14.0 Å². The van der Waals surface area contributed by atoms with Crippen LogP contribution in [-0.4, -0.2) is 20.5 Å². The molecule has 0 radical (unpaired) electrons. The Morgan fingerprint density at radius 3 is 2.56 bits per heavy atom. The van der Waals surface area contributed by atoms with Gasteiger partial charge in [0.1, 0.15) is 23.2 Å². The van der Waals surface area contributed by atoms with Gasteiger partial charge in [0.15, 0.2) is 5.75 Å². The van der Waals surface area contributed by atoms with Crippen molar-refractivity contribution in [2.24, 2.45) is 5.41 Å². The molecule has 3 aromatic rings. The van der Waals surface area contributed by atoms with Gasteiger partial charge in [-0.3, -0.25) is 9.59 Å². The first kappa shape index (κ1) is 18.4. The van der Waals surface area contributed by atoms with Gasteiger partial charge in [-0.2, -0.15) is 0 Å². The first-order valence-corrected chi connectivity index (χ1v) is 8.26. The van der Waals surface area contributed by atoms with E-state index in [0.29, 0.717) is 16.9 Å². The molecule has 2 heterocycles. The average molecular weight is 367 g/mol. The Morgan fingerprint density at radius 2 is 1.93 bits per heavy atom. The molecule has 0 unspecified atom stereocenters. The SMILES string of the molecule is Cc1[nH]c2ncn(C#Cc3ccc(F)cc3)c(=O)c2c1OC(=O)C(C)(C)C. The van der Waals surface area contributed by atoms with Crippen LogP contribution in [0.5, 0.6) is 5.75 Å². The third kappa shape index (κ3) is 3.75. The summed E-state index contributed by atoms with van der Waals surface area (Å²) in [5.74, 6) is 2.10. The number of H-pyrrole nitrogens is 1. The van der Waals surface area contributed by atoms with E-state index in [2.05, 4.69) is 21.9 Å². The van der Waals surface area contributed by atoms with Crippen molar-refractivity contribution in [1.29, 1.82) is 0 Å². The standard InChI is InChI=1S/C20H18FN3O3/c1-12-16(27-19(26)20(2,3)4)15-17(23-12)22-11-24(18(15)25)10-9-13-5-7-14(21)8-6-13/h5-8,11,23H,1-4H3. The van der Waals surface area contributed by atoms with Gasteiger partial charge in [0, 0.05) is 11.6 Å². The minimum Gasteiger partial charge on any atom is -0.423 e. The largest absolute Gasteiger partial charge is 0.423 e. The molecule has 0 aliphatic carbocycles. The number of aromatic nitrogens is 3. The van der Waals surface area contributed by atoms with Crippen molar-refractivity contribution < 1.29 is 13.9 Å². The van der Waals surface area contributed by atoms with Crippen LogP contribution in [0.25, 0.3) is 11.0 Å². The lowest BCUT2D eigenvalue weighted by atomic mass is 9.97. The summed E-state index contributed by atoms with van der Waals surface area (Å²) in [7, 11) is 0. The molecule has 0 saturated carbocycles. The lowest BCUT2D eigenvalue weighted by Crippen LogP contribution is -2.26. The van der Waals surface area contributed by atoms with Crippen LogP contribution in [0.15, 0.2) is 35.4 Å². The lowest BCUT2D eigenvalue weighted by Gasteiger charge is -2.16. The number of rotatable bonds is 1. The number of halogens is 1. The van der Waals surface area contributed by atoms with Gasteiger partial charge in [0.05, 0.1) is 11.1 Å². The zero-order valence-electron chi connectivity index (χ0n) is 15.4. The van der Waals surface area contributed by atoms with E-state index in [-0.39, 0.29) is 17.0 Å². The minimum atomic E-state index is -0.723. The van der Waals surface area contributed by atoms with Crippen molar-refractivity contribution in [3.8, 4) is 17.7 Å². The van der Waals surface area contributed by atoms with Gasteiger partial charge >= 0.3 is 5.97 Å². The van der Waals surface area contributed by atoms with Crippen LogP contribution < -0.4 is 10.3 Å². The van der Waals surface area contributed by atoms with Crippen molar-refractivity contribution in [2.45, 2.75) is 27.7 Å². The van der Waals surface area contributed by atoms with Crippen molar-refractivity contribution in [2.75, 3.05) is 0 Å². The van der Waals surface area contributed by atoms with Crippen LogP contribution in [0.2, 0.25) is 0 Å². The quantitative estimate of drug-likeness (QED) is 0.530. The second-order valence-corrected chi connectivity index (χ2v) is 7.11. The van der Waals surface area contributed by atoms with Crippen molar-refractivity contribution in [1.82, 2.24) is 14.5 Å². The summed E-state index contributed by atoms with van der Waals surface area (Å²) in [6, 6.07) is 8.27. The predicted molar refractivity (Wildman–Crippen MR) is 98.9 cm³/mol. The molecular weight excluding hydrogens is 349 g/mol. The number of aryl methyl sites for hydroxylation is 1. The molecule has 7 heteroatoms. The average Bonchev–Trinajstić information content (AvgIpc) is 2.91. The minimum absolute atomic E-state index is 0.153. The van der Waals surface area contributed by atoms with Gasteiger partial charge < -0.3 is 9.72 Å². The molecule has 0 aliphatic heterocycles. The summed E-state index contributed by atoms with van der Waals surface area (Å²) in [5, 5.41) is 0.154. The first-order valence-electron chi connectivity index (χ1n) is 8.26. The topological polar surface area (TPSA) is 77.0 Å². The van der Waals surface area contributed by atoms with Crippen LogP contribution in [-0.2, 0) is 4.79 Å². The fourth-order valence-electron chi connectivity index (χ4n) is 2.29. The summed E-state index contributed by atoms with van der Waals surface area (Å²) in [6.07, 6.45) is 1.28. The first-order chi connectivity index (χ1) is 12.7. The number of carbonyl (C=O) groups is 1. The molecule has 1 aromatic carbocycles. The Hall–Kier alpha value is -3.40. The highest BCUT2D eigenvalue weighted by Crippen LogP contribution is 2.28. The van der Waals surface area contributed by atoms with E-state index in [1.165, 1.54) is 30.6 Å². The van der Waals surface area contributed by atoms with Crippen LogP contribution in [0.1, 0.15) is 32.0 Å². The molecule has 0 aliphatic rings. The molecule has 0 amide bonds. The van der Waals surface area contributed by atoms with Gasteiger partial charge in [-0.15, -0.1) is 0 Å². The summed E-state index contributed by atoms with van der Waals surface area (Å²) in [5.41, 5.74) is 0.203. The van der Waals surface area contributed by atoms with Gasteiger partial charge in [-0.05, 0) is 57.9 Å². The van der Waals surface area contributed by atoms with Crippen molar-refractivity contribution in [3.63, 3.8) is 0 Å². The summed E-state index contributed by atoms with van der Waals surface area (Å²) in [4.78, 5) is 32.2. The maximum atomic E-state index is 13.0. The Morgan fingerprint density at radius 1 is 1.26 bits per heavy atom. The monoisotopic (exact) mass is 367 g/mol. The molecule has 0 bridgehead atoms. The lowest BCUT2D eigenvalue weighted by molar-refractivity contribution is -0.142. The van der Waals surface area contributed by atoms with E-state index in [0.717, 1.165) is 4.57 Å². The summed E-state index contributed by atoms with van der Waals surface area (Å²) in [6.45, 7) is 6.87. The zero-order valence-corrected chi connectivity index (χ0v) is 15.4. The van der Waals surface area contributed by atoms with E-state index >= 15 is 0 Å². The molecule has 6 nitrogen and oxygen atoms in total. The van der Waals surface area contributed by atoms with E-state index in [4.69, 9.17) is 4.74 Å². The number of fused-ring (bicyclic) bond motifs is 1. The number of carbonyl (C=O) groups excluding carboxylic acids is 1. The highest BCUT2D eigenvalue weighted by molar-refractivity contribution is 5.88. The molecule has 138 valence electrons. The molecule has 0 spiro atoms. The third-order valence-electron chi connectivity index (χ3n) is 3.82. The maximum absolute atomic E-state index is 13.0. The Balaban J connectivity index is 2.07. The molecule has 2 aromatic heterocycles. The van der Waals surface area contributed by atoms with Gasteiger partial charge in [0.2, 0.25) is 0 Å². The van der Waals surface area contributed by atoms with Crippen LogP contribution >= 0.6 is 0 Å². The molecule has 0 saturated heterocycles. The number of esters is 1. The van der Waals surface area contributed by atoms with E-state index in [1.807, 2.05) is 0 Å². The fourth-order valence-corrected chi connectivity index (χ4v) is 2.29. The third-order valence-corrected chi connectivity index (χ3v) is 3.82. The molecule has 0 fully saturated rings. The maximum Gasteiger partial charge on any atom is 0.316 e. The predicted octanol–water partition coefficient (Wildman–Crippen LogP) is 2.98. The van der Waals surface area contributed by atoms with Crippen LogP contribution in [0.4, 0.5) is 4.39 Å².